The second-order valence-corrected chi connectivity index (χ2v) is 7.66. The van der Waals surface area contributed by atoms with Crippen LogP contribution in [-0.4, -0.2) is 35.1 Å². The maximum atomic E-state index is 12.2. The molecule has 5 heteroatoms. The van der Waals surface area contributed by atoms with E-state index in [9.17, 15) is 9.90 Å². The minimum atomic E-state index is -0.383. The van der Waals surface area contributed by atoms with Crippen LogP contribution in [0.5, 0.6) is 0 Å². The summed E-state index contributed by atoms with van der Waals surface area (Å²) in [5.74, 6) is -0.0267. The van der Waals surface area contributed by atoms with Gasteiger partial charge < -0.3 is 10.0 Å². The molecule has 1 saturated heterocycles. The second kappa shape index (κ2) is 7.43. The van der Waals surface area contributed by atoms with Crippen molar-refractivity contribution < 1.29 is 9.90 Å². The zero-order valence-corrected chi connectivity index (χ0v) is 15.0. The van der Waals surface area contributed by atoms with E-state index < -0.39 is 0 Å². The van der Waals surface area contributed by atoms with Crippen LogP contribution >= 0.6 is 27.3 Å². The Morgan fingerprint density at radius 3 is 3.00 bits per heavy atom. The molecule has 1 N–H and O–H groups in total. The third kappa shape index (κ3) is 4.31. The van der Waals surface area contributed by atoms with E-state index in [0.717, 1.165) is 34.3 Å². The maximum Gasteiger partial charge on any atom is 0.246 e. The molecule has 1 unspecified atom stereocenters. The molecule has 0 radical (unpaired) electrons. The lowest BCUT2D eigenvalue weighted by Crippen LogP contribution is -2.41. The number of likely N-dealkylation sites (tertiary alicyclic amines) is 1. The molecule has 1 atom stereocenters. The first kappa shape index (κ1) is 16.4. The summed E-state index contributed by atoms with van der Waals surface area (Å²) in [5, 5.41) is 9.65. The number of halogens is 1. The van der Waals surface area contributed by atoms with E-state index >= 15 is 0 Å². The van der Waals surface area contributed by atoms with Crippen LogP contribution in [0.4, 0.5) is 0 Å². The van der Waals surface area contributed by atoms with Gasteiger partial charge in [-0.2, -0.15) is 0 Å². The molecule has 1 aromatic heterocycles. The summed E-state index contributed by atoms with van der Waals surface area (Å²) in [6.07, 6.45) is 4.73. The summed E-state index contributed by atoms with van der Waals surface area (Å²) in [6.45, 7) is 1.17. The number of aliphatic hydroxyl groups excluding tert-OH is 1. The SMILES string of the molecule is O=C(C=Cc1ccc(-c2cccc(Br)c2)s1)N1CCCC(O)C1. The molecule has 0 bridgehead atoms. The van der Waals surface area contributed by atoms with E-state index in [1.165, 1.54) is 4.88 Å². The normalized spacial score (nSPS) is 18.5. The predicted octanol–water partition coefficient (Wildman–Crippen LogP) is 4.17. The Hall–Kier alpha value is -1.43. The molecule has 0 saturated carbocycles. The standard InChI is InChI=1S/C18H18BrNO2S/c19-14-4-1-3-13(11-14)17-8-6-16(23-17)7-9-18(22)20-10-2-5-15(21)12-20/h1,3-4,6-9,11,15,21H,2,5,10,12H2. The average molecular weight is 392 g/mol. The number of hydrogen-bond donors (Lipinski definition) is 1. The first-order valence-corrected chi connectivity index (χ1v) is 9.23. The highest BCUT2D eigenvalue weighted by atomic mass is 79.9. The quantitative estimate of drug-likeness (QED) is 0.797. The molecule has 0 spiro atoms. The largest absolute Gasteiger partial charge is 0.391 e. The Kier molecular flexibility index (Phi) is 5.30. The lowest BCUT2D eigenvalue weighted by Gasteiger charge is -2.29. The highest BCUT2D eigenvalue weighted by Crippen LogP contribution is 2.30. The van der Waals surface area contributed by atoms with Gasteiger partial charge in [0, 0.05) is 33.4 Å². The third-order valence-electron chi connectivity index (χ3n) is 3.83. The molecule has 3 rings (SSSR count). The van der Waals surface area contributed by atoms with Crippen molar-refractivity contribution in [3.05, 3.63) is 51.8 Å². The Morgan fingerprint density at radius 1 is 1.35 bits per heavy atom. The van der Waals surface area contributed by atoms with Gasteiger partial charge in [0.05, 0.1) is 6.10 Å². The fraction of sp³-hybridized carbons (Fsp3) is 0.278. The lowest BCUT2D eigenvalue weighted by molar-refractivity contribution is -0.128. The molecular weight excluding hydrogens is 374 g/mol. The number of piperidine rings is 1. The Balaban J connectivity index is 1.67. The van der Waals surface area contributed by atoms with Crippen molar-refractivity contribution in [2.75, 3.05) is 13.1 Å². The van der Waals surface area contributed by atoms with Crippen LogP contribution in [-0.2, 0) is 4.79 Å². The molecule has 120 valence electrons. The van der Waals surface area contributed by atoms with Crippen LogP contribution in [0.15, 0.2) is 46.9 Å². The maximum absolute atomic E-state index is 12.2. The second-order valence-electron chi connectivity index (χ2n) is 5.63. The van der Waals surface area contributed by atoms with Crippen molar-refractivity contribution >= 4 is 39.2 Å². The highest BCUT2D eigenvalue weighted by molar-refractivity contribution is 9.10. The van der Waals surface area contributed by atoms with Gasteiger partial charge in [0.1, 0.15) is 0 Å². The summed E-state index contributed by atoms with van der Waals surface area (Å²) in [6, 6.07) is 12.3. The van der Waals surface area contributed by atoms with Crippen molar-refractivity contribution in [3.63, 3.8) is 0 Å². The van der Waals surface area contributed by atoms with Crippen LogP contribution in [0, 0.1) is 0 Å². The molecule has 3 nitrogen and oxygen atoms in total. The van der Waals surface area contributed by atoms with E-state index in [4.69, 9.17) is 0 Å². The molecule has 1 aromatic carbocycles. The van der Waals surface area contributed by atoms with Gasteiger partial charge in [-0.15, -0.1) is 11.3 Å². The van der Waals surface area contributed by atoms with Gasteiger partial charge >= 0.3 is 0 Å². The van der Waals surface area contributed by atoms with E-state index in [1.807, 2.05) is 24.3 Å². The summed E-state index contributed by atoms with van der Waals surface area (Å²) < 4.78 is 1.05. The molecule has 0 aliphatic carbocycles. The van der Waals surface area contributed by atoms with Gasteiger partial charge in [0.2, 0.25) is 5.91 Å². The molecular formula is C18H18BrNO2S. The van der Waals surface area contributed by atoms with E-state index in [1.54, 1.807) is 22.3 Å². The van der Waals surface area contributed by atoms with Crippen molar-refractivity contribution in [1.82, 2.24) is 4.90 Å². The monoisotopic (exact) mass is 391 g/mol. The minimum Gasteiger partial charge on any atom is -0.391 e. The van der Waals surface area contributed by atoms with Gasteiger partial charge in [0.15, 0.2) is 0 Å². The number of thiophene rings is 1. The fourth-order valence-electron chi connectivity index (χ4n) is 2.65. The predicted molar refractivity (Wildman–Crippen MR) is 98.3 cm³/mol. The number of amides is 1. The van der Waals surface area contributed by atoms with Crippen LogP contribution in [0.1, 0.15) is 17.7 Å². The van der Waals surface area contributed by atoms with Crippen molar-refractivity contribution in [2.24, 2.45) is 0 Å². The van der Waals surface area contributed by atoms with E-state index in [2.05, 4.69) is 34.1 Å². The van der Waals surface area contributed by atoms with Gasteiger partial charge in [-0.3, -0.25) is 4.79 Å². The number of carbonyl (C=O) groups excluding carboxylic acids is 1. The number of hydrogen-bond acceptors (Lipinski definition) is 3. The number of benzene rings is 1. The van der Waals surface area contributed by atoms with Gasteiger partial charge in [0.25, 0.3) is 0 Å². The van der Waals surface area contributed by atoms with E-state index in [0.29, 0.717) is 6.54 Å². The van der Waals surface area contributed by atoms with Crippen LogP contribution < -0.4 is 0 Å². The Morgan fingerprint density at radius 2 is 2.22 bits per heavy atom. The first-order chi connectivity index (χ1) is 11.1. The zero-order chi connectivity index (χ0) is 16.2. The average Bonchev–Trinajstić information content (AvgIpc) is 3.01. The highest BCUT2D eigenvalue weighted by Gasteiger charge is 2.20. The third-order valence-corrected chi connectivity index (χ3v) is 5.43. The van der Waals surface area contributed by atoms with Gasteiger partial charge in [-0.1, -0.05) is 28.1 Å². The molecule has 1 aliphatic rings. The van der Waals surface area contributed by atoms with Crippen LogP contribution in [0.2, 0.25) is 0 Å². The Labute approximate surface area is 148 Å². The summed E-state index contributed by atoms with van der Waals surface area (Å²) >= 11 is 5.14. The molecule has 1 amide bonds. The lowest BCUT2D eigenvalue weighted by atomic mass is 10.1. The number of rotatable bonds is 3. The minimum absolute atomic E-state index is 0.0267. The molecule has 1 fully saturated rings. The first-order valence-electron chi connectivity index (χ1n) is 7.62. The van der Waals surface area contributed by atoms with Crippen molar-refractivity contribution in [2.45, 2.75) is 18.9 Å². The summed E-state index contributed by atoms with van der Waals surface area (Å²) in [4.78, 5) is 16.1. The number of nitrogens with zero attached hydrogens (tertiary/aromatic N) is 1. The topological polar surface area (TPSA) is 40.5 Å². The van der Waals surface area contributed by atoms with Crippen LogP contribution in [0.3, 0.4) is 0 Å². The van der Waals surface area contributed by atoms with Crippen molar-refractivity contribution in [1.29, 1.82) is 0 Å². The van der Waals surface area contributed by atoms with Gasteiger partial charge in [-0.25, -0.2) is 0 Å². The smallest absolute Gasteiger partial charge is 0.246 e. The zero-order valence-electron chi connectivity index (χ0n) is 12.6. The molecule has 2 heterocycles. The summed E-state index contributed by atoms with van der Waals surface area (Å²) in [7, 11) is 0. The number of aliphatic hydroxyl groups is 1. The summed E-state index contributed by atoms with van der Waals surface area (Å²) in [5.41, 5.74) is 1.16. The molecule has 1 aliphatic heterocycles. The number of β-amino-alcohol motifs (C(OH)–C–C–N with tert-alkyl or cyclic N) is 1. The van der Waals surface area contributed by atoms with Gasteiger partial charge in [-0.05, 0) is 48.7 Å². The molecule has 23 heavy (non-hydrogen) atoms. The van der Waals surface area contributed by atoms with Crippen LogP contribution in [0.25, 0.3) is 16.5 Å². The number of carbonyl (C=O) groups is 1. The van der Waals surface area contributed by atoms with E-state index in [-0.39, 0.29) is 12.0 Å². The molecule has 2 aromatic rings. The van der Waals surface area contributed by atoms with Crippen molar-refractivity contribution in [3.8, 4) is 10.4 Å². The fourth-order valence-corrected chi connectivity index (χ4v) is 3.96. The Bertz CT molecular complexity index is 725.